The second-order valence-electron chi connectivity index (χ2n) is 11.5. The molecule has 0 radical (unpaired) electrons. The molecule has 3 amide bonds. The van der Waals surface area contributed by atoms with Crippen LogP contribution in [0.1, 0.15) is 49.5 Å². The van der Waals surface area contributed by atoms with E-state index in [9.17, 15) is 29.4 Å². The van der Waals surface area contributed by atoms with Crippen molar-refractivity contribution in [2.45, 2.75) is 50.9 Å². The lowest BCUT2D eigenvalue weighted by Crippen LogP contribution is -2.50. The molecule has 2 aliphatic heterocycles. The zero-order valence-electron chi connectivity index (χ0n) is 25.5. The van der Waals surface area contributed by atoms with Gasteiger partial charge in [0.25, 0.3) is 0 Å². The lowest BCUT2D eigenvalue weighted by molar-refractivity contribution is -0.145. The van der Waals surface area contributed by atoms with Gasteiger partial charge < -0.3 is 40.4 Å². The highest BCUT2D eigenvalue weighted by Crippen LogP contribution is 2.42. The molecule has 0 saturated carbocycles. The number of ether oxygens (including phenoxy) is 3. The molecule has 3 atom stereocenters. The van der Waals surface area contributed by atoms with E-state index in [1.54, 1.807) is 32.9 Å². The number of phenols is 2. The molecule has 48 heavy (non-hydrogen) atoms. The predicted molar refractivity (Wildman–Crippen MR) is 192 cm³/mol. The second kappa shape index (κ2) is 15.3. The van der Waals surface area contributed by atoms with Crippen LogP contribution in [0.4, 0.5) is 4.79 Å². The maximum atomic E-state index is 14.2. The van der Waals surface area contributed by atoms with Crippen LogP contribution in [-0.2, 0) is 30.3 Å². The van der Waals surface area contributed by atoms with E-state index in [1.165, 1.54) is 24.3 Å². The molecular weight excluding hydrogens is 916 g/mol. The maximum Gasteiger partial charge on any atom is 0.408 e. The molecule has 3 aromatic rings. The molecule has 2 aliphatic rings. The first-order valence-corrected chi connectivity index (χ1v) is 17.3. The van der Waals surface area contributed by atoms with Gasteiger partial charge in [-0.3, -0.25) is 9.59 Å². The highest BCUT2D eigenvalue weighted by molar-refractivity contribution is 14.1. The molecule has 0 fully saturated rings. The van der Waals surface area contributed by atoms with E-state index in [0.29, 0.717) is 14.5 Å². The van der Waals surface area contributed by atoms with E-state index in [-0.39, 0.29) is 48.4 Å². The summed E-state index contributed by atoms with van der Waals surface area (Å²) in [5.41, 5.74) is -0.204. The fourth-order valence-electron chi connectivity index (χ4n) is 4.57. The minimum absolute atomic E-state index is 0.0342. The second-order valence-corrected chi connectivity index (χ2v) is 15.2. The van der Waals surface area contributed by atoms with Gasteiger partial charge in [0, 0.05) is 10.9 Å². The van der Waals surface area contributed by atoms with Crippen molar-refractivity contribution in [1.29, 1.82) is 0 Å². The average Bonchev–Trinajstić information content (AvgIpc) is 2.99. The smallest absolute Gasteiger partial charge is 0.408 e. The zero-order valence-corrected chi connectivity index (χ0v) is 32.4. The van der Waals surface area contributed by atoms with Gasteiger partial charge in [-0.2, -0.15) is 0 Å². The molecule has 12 nitrogen and oxygen atoms in total. The lowest BCUT2D eigenvalue weighted by Gasteiger charge is -2.27. The third kappa shape index (κ3) is 8.97. The topological polar surface area (TPSA) is 173 Å². The Morgan fingerprint density at radius 1 is 0.938 bits per heavy atom. The molecule has 17 heteroatoms. The number of halogens is 5. The molecule has 256 valence electrons. The number of aromatic hydroxyl groups is 2. The number of carbonyl (C=O) groups excluding carboxylic acids is 4. The number of alkyl carbamates (subject to hydrolysis) is 1. The molecule has 5 N–H and O–H groups in total. The largest absolute Gasteiger partial charge is 0.505 e. The van der Waals surface area contributed by atoms with E-state index in [4.69, 9.17) is 37.4 Å². The van der Waals surface area contributed by atoms with Gasteiger partial charge in [0.05, 0.1) is 25.2 Å². The van der Waals surface area contributed by atoms with E-state index in [2.05, 4.69) is 47.8 Å². The van der Waals surface area contributed by atoms with Crippen LogP contribution in [-0.4, -0.2) is 52.8 Å². The molecular formula is C31H28Br2Cl2IN3O9. The molecule has 0 saturated heterocycles. The molecule has 0 aromatic heterocycles. The molecule has 0 spiro atoms. The van der Waals surface area contributed by atoms with Crippen LogP contribution in [0.2, 0.25) is 10.0 Å². The number of nitrogens with one attached hydrogen (secondary N) is 3. The van der Waals surface area contributed by atoms with Gasteiger partial charge in [-0.05, 0) is 112 Å². The Labute approximate surface area is 315 Å². The Bertz CT molecular complexity index is 1780. The van der Waals surface area contributed by atoms with Crippen molar-refractivity contribution in [3.63, 3.8) is 0 Å². The summed E-state index contributed by atoms with van der Waals surface area (Å²) in [4.78, 5) is 54.2. The normalized spacial score (nSPS) is 18.3. The summed E-state index contributed by atoms with van der Waals surface area (Å²) >= 11 is 21.2. The fourth-order valence-corrected chi connectivity index (χ4v) is 6.66. The fraction of sp³-hybridized carbons (Fsp3) is 0.290. The molecule has 5 rings (SSSR count). The van der Waals surface area contributed by atoms with Crippen LogP contribution in [0.3, 0.4) is 0 Å². The first-order valence-electron chi connectivity index (χ1n) is 13.9. The van der Waals surface area contributed by atoms with Gasteiger partial charge in [-0.1, -0.05) is 39.1 Å². The summed E-state index contributed by atoms with van der Waals surface area (Å²) < 4.78 is 17.6. The number of benzene rings is 3. The number of hydrogen-bond donors (Lipinski definition) is 5. The Balaban J connectivity index is 1.96. The number of phenolic OH excluding ortho intramolecular Hbond substituents is 2. The molecule has 2 heterocycles. The van der Waals surface area contributed by atoms with Crippen molar-refractivity contribution in [2.24, 2.45) is 0 Å². The van der Waals surface area contributed by atoms with E-state index in [1.807, 2.05) is 22.6 Å². The van der Waals surface area contributed by atoms with Gasteiger partial charge in [-0.15, -0.1) is 0 Å². The van der Waals surface area contributed by atoms with Crippen LogP contribution in [0.15, 0.2) is 45.3 Å². The molecule has 3 aromatic carbocycles. The summed E-state index contributed by atoms with van der Waals surface area (Å²) in [7, 11) is 1.16. The Kier molecular flexibility index (Phi) is 12.0. The van der Waals surface area contributed by atoms with Gasteiger partial charge in [0.1, 0.15) is 29.5 Å². The highest BCUT2D eigenvalue weighted by atomic mass is 127. The quantitative estimate of drug-likeness (QED) is 0.138. The van der Waals surface area contributed by atoms with Crippen LogP contribution >= 0.6 is 77.7 Å². The Morgan fingerprint density at radius 3 is 2.19 bits per heavy atom. The maximum absolute atomic E-state index is 14.2. The Morgan fingerprint density at radius 2 is 1.58 bits per heavy atom. The minimum atomic E-state index is -1.58. The van der Waals surface area contributed by atoms with Crippen LogP contribution in [0, 0.1) is 3.57 Å². The highest BCUT2D eigenvalue weighted by Gasteiger charge is 2.35. The SMILES string of the molecule is COC(=O)[C@@H]1Cc2cc(Br)c(cc2Br)Oc2cc(cc(I)c2O)[C@@H](NC(=O)OC(C)(C)C)C(=O)N[C@H](c2cc(Cl)c(O)c(Cl)c2)C(=O)N1. The van der Waals surface area contributed by atoms with E-state index >= 15 is 0 Å². The van der Waals surface area contributed by atoms with E-state index < -0.39 is 53.4 Å². The van der Waals surface area contributed by atoms with Crippen molar-refractivity contribution < 1.29 is 43.6 Å². The van der Waals surface area contributed by atoms with Crippen molar-refractivity contribution >= 4 is 102 Å². The number of carbonyl (C=O) groups is 4. The summed E-state index contributed by atoms with van der Waals surface area (Å²) in [6.45, 7) is 4.91. The lowest BCUT2D eigenvalue weighted by atomic mass is 10.0. The third-order valence-corrected chi connectivity index (χ3v) is 9.53. The first kappa shape index (κ1) is 37.8. The first-order chi connectivity index (χ1) is 22.4. The number of esters is 1. The predicted octanol–water partition coefficient (Wildman–Crippen LogP) is 6.96. The third-order valence-electron chi connectivity index (χ3n) is 6.78. The summed E-state index contributed by atoms with van der Waals surface area (Å²) in [6, 6.07) is 4.11. The van der Waals surface area contributed by atoms with Gasteiger partial charge >= 0.3 is 12.1 Å². The number of hydrogen-bond acceptors (Lipinski definition) is 9. The van der Waals surface area contributed by atoms with Gasteiger partial charge in [0.15, 0.2) is 17.2 Å². The number of amides is 3. The van der Waals surface area contributed by atoms with Crippen molar-refractivity contribution in [1.82, 2.24) is 16.0 Å². The van der Waals surface area contributed by atoms with Crippen molar-refractivity contribution in [2.75, 3.05) is 7.11 Å². The average molecular weight is 944 g/mol. The van der Waals surface area contributed by atoms with Crippen LogP contribution in [0.5, 0.6) is 23.0 Å². The van der Waals surface area contributed by atoms with Gasteiger partial charge in [0.2, 0.25) is 11.8 Å². The van der Waals surface area contributed by atoms with Crippen LogP contribution < -0.4 is 20.7 Å². The Hall–Kier alpha value is -2.99. The molecule has 0 aliphatic carbocycles. The summed E-state index contributed by atoms with van der Waals surface area (Å²) in [6.07, 6.45) is -1.04. The zero-order chi connectivity index (χ0) is 35.7. The number of rotatable bonds is 3. The molecule has 0 unspecified atom stereocenters. The number of fused-ring (bicyclic) bond motifs is 9. The van der Waals surface area contributed by atoms with Crippen LogP contribution in [0.25, 0.3) is 0 Å². The monoisotopic (exact) mass is 941 g/mol. The van der Waals surface area contributed by atoms with Crippen molar-refractivity contribution in [3.8, 4) is 23.0 Å². The summed E-state index contributed by atoms with van der Waals surface area (Å²) in [5.74, 6) is -3.10. The standard InChI is InChI=1S/C31H28Br2Cl2IN3O9/c1-31(2,3)48-30(45)39-24-14-8-19(36)26(41)22(10-14)47-21-11-15(32)12(5-16(21)33)9-20(29(44)46-4)37-27(42)23(38-28(24)43)13-6-17(34)25(40)18(35)7-13/h5-8,10-11,20,23-24,40-41H,9H2,1-4H3,(H,37,42)(H,38,43)(H,39,45)/t20-,23+,24+/m0/s1. The molecule has 4 bridgehead atoms. The van der Waals surface area contributed by atoms with Gasteiger partial charge in [-0.25, -0.2) is 9.59 Å². The van der Waals surface area contributed by atoms with Crippen molar-refractivity contribution in [3.05, 3.63) is 75.6 Å². The number of methoxy groups -OCH3 is 1. The minimum Gasteiger partial charge on any atom is -0.505 e. The summed E-state index contributed by atoms with van der Waals surface area (Å²) in [5, 5.41) is 28.4. The van der Waals surface area contributed by atoms with E-state index in [0.717, 1.165) is 7.11 Å².